The molecular weight excluding hydrogens is 260 g/mol. The molecule has 0 N–H and O–H groups in total. The van der Waals surface area contributed by atoms with Crippen molar-refractivity contribution in [1.29, 1.82) is 0 Å². The molecular formula is C11H15BrO3. The van der Waals surface area contributed by atoms with E-state index in [-0.39, 0.29) is 6.10 Å². The lowest BCUT2D eigenvalue weighted by Gasteiger charge is -2.15. The third-order valence-electron chi connectivity index (χ3n) is 2.17. The van der Waals surface area contributed by atoms with Crippen LogP contribution in [0.3, 0.4) is 0 Å². The minimum atomic E-state index is 0.00833. The van der Waals surface area contributed by atoms with Crippen LogP contribution >= 0.6 is 15.9 Å². The second-order valence-corrected chi connectivity index (χ2v) is 3.67. The van der Waals surface area contributed by atoms with Crippen molar-refractivity contribution in [2.45, 2.75) is 6.10 Å². The van der Waals surface area contributed by atoms with Crippen LogP contribution in [0.2, 0.25) is 0 Å². The van der Waals surface area contributed by atoms with Crippen LogP contribution in [0.4, 0.5) is 0 Å². The topological polar surface area (TPSA) is 27.7 Å². The van der Waals surface area contributed by atoms with Gasteiger partial charge in [-0.3, -0.25) is 0 Å². The minimum Gasteiger partial charge on any atom is -0.497 e. The Morgan fingerprint density at radius 1 is 1.07 bits per heavy atom. The number of hydrogen-bond acceptors (Lipinski definition) is 3. The molecule has 0 aromatic heterocycles. The van der Waals surface area contributed by atoms with E-state index in [0.717, 1.165) is 22.4 Å². The Bertz CT molecular complexity index is 288. The zero-order chi connectivity index (χ0) is 11.3. The highest BCUT2D eigenvalue weighted by Gasteiger charge is 2.11. The largest absolute Gasteiger partial charge is 0.497 e. The average molecular weight is 275 g/mol. The molecule has 0 heterocycles. The third-order valence-corrected chi connectivity index (χ3v) is 2.76. The van der Waals surface area contributed by atoms with Gasteiger partial charge >= 0.3 is 0 Å². The fourth-order valence-corrected chi connectivity index (χ4v) is 1.94. The van der Waals surface area contributed by atoms with Crippen LogP contribution < -0.4 is 9.47 Å². The van der Waals surface area contributed by atoms with Gasteiger partial charge in [0.05, 0.1) is 20.3 Å². The summed E-state index contributed by atoms with van der Waals surface area (Å²) < 4.78 is 15.7. The number of ether oxygens (including phenoxy) is 3. The van der Waals surface area contributed by atoms with Crippen LogP contribution in [0.1, 0.15) is 11.7 Å². The van der Waals surface area contributed by atoms with Gasteiger partial charge in [0.2, 0.25) is 0 Å². The lowest BCUT2D eigenvalue weighted by atomic mass is 10.1. The van der Waals surface area contributed by atoms with E-state index >= 15 is 0 Å². The van der Waals surface area contributed by atoms with Gasteiger partial charge in [-0.25, -0.2) is 0 Å². The summed E-state index contributed by atoms with van der Waals surface area (Å²) in [4.78, 5) is 0. The van der Waals surface area contributed by atoms with E-state index in [1.807, 2.05) is 18.2 Å². The number of benzene rings is 1. The van der Waals surface area contributed by atoms with E-state index in [0.29, 0.717) is 0 Å². The fraction of sp³-hybridized carbons (Fsp3) is 0.455. The molecule has 4 heteroatoms. The van der Waals surface area contributed by atoms with E-state index in [9.17, 15) is 0 Å². The van der Waals surface area contributed by atoms with Crippen molar-refractivity contribution >= 4 is 15.9 Å². The van der Waals surface area contributed by atoms with Gasteiger partial charge in [0.15, 0.2) is 0 Å². The van der Waals surface area contributed by atoms with Crippen LogP contribution in [-0.2, 0) is 4.74 Å². The number of alkyl halides is 1. The minimum absolute atomic E-state index is 0.00833. The van der Waals surface area contributed by atoms with E-state index in [4.69, 9.17) is 14.2 Å². The Morgan fingerprint density at radius 3 is 1.93 bits per heavy atom. The molecule has 0 aliphatic rings. The summed E-state index contributed by atoms with van der Waals surface area (Å²) in [5.74, 6) is 1.54. The quantitative estimate of drug-likeness (QED) is 0.773. The fourth-order valence-electron chi connectivity index (χ4n) is 1.30. The zero-order valence-corrected chi connectivity index (χ0v) is 10.7. The molecule has 15 heavy (non-hydrogen) atoms. The molecule has 0 aliphatic carbocycles. The molecule has 0 aliphatic heterocycles. The second-order valence-electron chi connectivity index (χ2n) is 3.02. The van der Waals surface area contributed by atoms with Crippen LogP contribution in [0.15, 0.2) is 18.2 Å². The average Bonchev–Trinajstić information content (AvgIpc) is 2.30. The third kappa shape index (κ3) is 3.11. The second kappa shape index (κ2) is 5.98. The smallest absolute Gasteiger partial charge is 0.122 e. The molecule has 0 radical (unpaired) electrons. The monoisotopic (exact) mass is 274 g/mol. The van der Waals surface area contributed by atoms with Crippen molar-refractivity contribution in [2.75, 3.05) is 26.7 Å². The number of rotatable bonds is 5. The van der Waals surface area contributed by atoms with Crippen molar-refractivity contribution in [2.24, 2.45) is 0 Å². The molecule has 1 aromatic carbocycles. The molecule has 0 bridgehead atoms. The Hall–Kier alpha value is -0.740. The molecule has 1 unspecified atom stereocenters. The first kappa shape index (κ1) is 12.3. The molecule has 3 nitrogen and oxygen atoms in total. The van der Waals surface area contributed by atoms with Crippen LogP contribution in [0, 0.1) is 0 Å². The van der Waals surface area contributed by atoms with Crippen molar-refractivity contribution in [1.82, 2.24) is 0 Å². The van der Waals surface area contributed by atoms with Crippen LogP contribution in [0.5, 0.6) is 11.5 Å². The van der Waals surface area contributed by atoms with Crippen LogP contribution in [0.25, 0.3) is 0 Å². The Kier molecular flexibility index (Phi) is 4.91. The summed E-state index contributed by atoms with van der Waals surface area (Å²) in [5, 5.41) is 0.736. The highest BCUT2D eigenvalue weighted by molar-refractivity contribution is 9.09. The lowest BCUT2D eigenvalue weighted by Crippen LogP contribution is -2.03. The number of methoxy groups -OCH3 is 3. The molecule has 1 atom stereocenters. The van der Waals surface area contributed by atoms with E-state index in [1.165, 1.54) is 0 Å². The first-order valence-corrected chi connectivity index (χ1v) is 5.69. The summed E-state index contributed by atoms with van der Waals surface area (Å²) >= 11 is 3.40. The summed E-state index contributed by atoms with van der Waals surface area (Å²) in [6.07, 6.45) is 0.00833. The highest BCUT2D eigenvalue weighted by Crippen LogP contribution is 2.28. The number of halogens is 1. The van der Waals surface area contributed by atoms with Gasteiger partial charge < -0.3 is 14.2 Å². The number of hydrogen-bond donors (Lipinski definition) is 0. The molecule has 1 rings (SSSR count). The predicted octanol–water partition coefficient (Wildman–Crippen LogP) is 2.79. The molecule has 84 valence electrons. The molecule has 0 fully saturated rings. The normalized spacial score (nSPS) is 12.3. The van der Waals surface area contributed by atoms with Gasteiger partial charge in [-0.1, -0.05) is 15.9 Å². The van der Waals surface area contributed by atoms with Crippen molar-refractivity contribution < 1.29 is 14.2 Å². The predicted molar refractivity (Wildman–Crippen MR) is 63.1 cm³/mol. The SMILES string of the molecule is COc1cc(OC)cc(C(CBr)OC)c1. The van der Waals surface area contributed by atoms with E-state index < -0.39 is 0 Å². The summed E-state index contributed by atoms with van der Waals surface area (Å²) in [5.41, 5.74) is 1.03. The zero-order valence-electron chi connectivity index (χ0n) is 9.12. The van der Waals surface area contributed by atoms with Crippen molar-refractivity contribution in [3.8, 4) is 11.5 Å². The Balaban J connectivity index is 3.05. The summed E-state index contributed by atoms with van der Waals surface area (Å²) in [6, 6.07) is 5.72. The summed E-state index contributed by atoms with van der Waals surface area (Å²) in [6.45, 7) is 0. The Labute approximate surface area is 98.5 Å². The standard InChI is InChI=1S/C11H15BrO3/c1-13-9-4-8(11(7-12)15-3)5-10(6-9)14-2/h4-6,11H,7H2,1-3H3. The van der Waals surface area contributed by atoms with Gasteiger partial charge in [0.25, 0.3) is 0 Å². The van der Waals surface area contributed by atoms with Gasteiger partial charge in [0, 0.05) is 18.5 Å². The van der Waals surface area contributed by atoms with Crippen LogP contribution in [-0.4, -0.2) is 26.7 Å². The van der Waals surface area contributed by atoms with Crippen molar-refractivity contribution in [3.63, 3.8) is 0 Å². The summed E-state index contributed by atoms with van der Waals surface area (Å²) in [7, 11) is 4.95. The molecule has 0 amide bonds. The van der Waals surface area contributed by atoms with Gasteiger partial charge in [0.1, 0.15) is 11.5 Å². The van der Waals surface area contributed by atoms with Crippen molar-refractivity contribution in [3.05, 3.63) is 23.8 Å². The molecule has 0 saturated carbocycles. The van der Waals surface area contributed by atoms with E-state index in [1.54, 1.807) is 21.3 Å². The maximum Gasteiger partial charge on any atom is 0.122 e. The Morgan fingerprint density at radius 2 is 1.60 bits per heavy atom. The first-order chi connectivity index (χ1) is 7.24. The maximum atomic E-state index is 5.33. The van der Waals surface area contributed by atoms with Gasteiger partial charge in [-0.2, -0.15) is 0 Å². The van der Waals surface area contributed by atoms with Gasteiger partial charge in [-0.05, 0) is 17.7 Å². The van der Waals surface area contributed by atoms with E-state index in [2.05, 4.69) is 15.9 Å². The molecule has 0 spiro atoms. The molecule has 1 aromatic rings. The molecule has 0 saturated heterocycles. The lowest BCUT2D eigenvalue weighted by molar-refractivity contribution is 0.124. The first-order valence-electron chi connectivity index (χ1n) is 4.56. The maximum absolute atomic E-state index is 5.33. The highest BCUT2D eigenvalue weighted by atomic mass is 79.9. The van der Waals surface area contributed by atoms with Gasteiger partial charge in [-0.15, -0.1) is 0 Å².